The molecular formula is C22H18F4O2. The summed E-state index contributed by atoms with van der Waals surface area (Å²) in [6, 6.07) is 5.19. The molecule has 0 aliphatic carbocycles. The first-order valence-corrected chi connectivity index (χ1v) is 8.78. The molecule has 2 aromatic carbocycles. The van der Waals surface area contributed by atoms with Gasteiger partial charge in [-0.3, -0.25) is 0 Å². The fraction of sp³-hybridized carbons (Fsp3) is 0.273. The molecule has 0 aromatic heterocycles. The molecule has 1 aliphatic rings. The van der Waals surface area contributed by atoms with Crippen LogP contribution in [0.5, 0.6) is 0 Å². The van der Waals surface area contributed by atoms with E-state index in [4.69, 9.17) is 9.47 Å². The molecule has 0 atom stereocenters. The minimum absolute atomic E-state index is 0.103. The standard InChI is InChI=1S/C22H18F4O2/c1-2-3-4-15-12-27-22(28-13-15)16-10-19(24)17(20(25)11-16)7-5-14-6-8-18(23)21(26)9-14/h2,6,8-11,15,22H,1,3-4,12-13H2/t15-,22-. The summed E-state index contributed by atoms with van der Waals surface area (Å²) < 4.78 is 66.0. The predicted octanol–water partition coefficient (Wildman–Crippen LogP) is 5.27. The Morgan fingerprint density at radius 3 is 2.21 bits per heavy atom. The fourth-order valence-corrected chi connectivity index (χ4v) is 2.81. The topological polar surface area (TPSA) is 18.5 Å². The molecule has 0 spiro atoms. The van der Waals surface area contributed by atoms with Crippen LogP contribution < -0.4 is 0 Å². The Hall–Kier alpha value is -2.62. The number of ether oxygens (including phenoxy) is 2. The number of halogens is 4. The number of hydrogen-bond acceptors (Lipinski definition) is 2. The number of allylic oxidation sites excluding steroid dienone is 1. The molecule has 0 radical (unpaired) electrons. The van der Waals surface area contributed by atoms with Crippen LogP contribution in [0.15, 0.2) is 43.0 Å². The van der Waals surface area contributed by atoms with E-state index in [1.54, 1.807) is 0 Å². The molecule has 0 saturated carbocycles. The molecule has 0 amide bonds. The van der Waals surface area contributed by atoms with E-state index >= 15 is 0 Å². The maximum absolute atomic E-state index is 14.4. The normalized spacial score (nSPS) is 19.0. The molecule has 1 aliphatic heterocycles. The van der Waals surface area contributed by atoms with Crippen molar-refractivity contribution in [3.8, 4) is 11.8 Å². The van der Waals surface area contributed by atoms with Gasteiger partial charge >= 0.3 is 0 Å². The molecule has 6 heteroatoms. The Balaban J connectivity index is 1.74. The van der Waals surface area contributed by atoms with Crippen LogP contribution in [0.4, 0.5) is 17.6 Å². The highest BCUT2D eigenvalue weighted by atomic mass is 19.2. The van der Waals surface area contributed by atoms with Crippen LogP contribution in [-0.2, 0) is 9.47 Å². The minimum atomic E-state index is -1.08. The minimum Gasteiger partial charge on any atom is -0.348 e. The van der Waals surface area contributed by atoms with Crippen molar-refractivity contribution in [1.82, 2.24) is 0 Å². The lowest BCUT2D eigenvalue weighted by Gasteiger charge is -2.29. The molecule has 28 heavy (non-hydrogen) atoms. The summed E-state index contributed by atoms with van der Waals surface area (Å²) in [5.41, 5.74) is -0.144. The highest BCUT2D eigenvalue weighted by Crippen LogP contribution is 2.29. The number of rotatable bonds is 4. The van der Waals surface area contributed by atoms with Crippen LogP contribution in [0.3, 0.4) is 0 Å². The SMILES string of the molecule is C=CCC[C@H]1CO[C@H](c2cc(F)c(C#Cc3ccc(F)c(F)c3)c(F)c2)OC1. The van der Waals surface area contributed by atoms with Crippen LogP contribution in [-0.4, -0.2) is 13.2 Å². The third-order valence-electron chi connectivity index (χ3n) is 4.33. The third kappa shape index (κ3) is 4.80. The maximum atomic E-state index is 14.4. The summed E-state index contributed by atoms with van der Waals surface area (Å²) in [4.78, 5) is 0. The van der Waals surface area contributed by atoms with Crippen LogP contribution in [0.25, 0.3) is 0 Å². The van der Waals surface area contributed by atoms with Crippen molar-refractivity contribution < 1.29 is 27.0 Å². The Morgan fingerprint density at radius 2 is 1.61 bits per heavy atom. The Bertz CT molecular complexity index is 899. The zero-order valence-corrected chi connectivity index (χ0v) is 15.0. The summed E-state index contributed by atoms with van der Waals surface area (Å²) >= 11 is 0. The molecule has 0 bridgehead atoms. The highest BCUT2D eigenvalue weighted by molar-refractivity contribution is 5.45. The lowest BCUT2D eigenvalue weighted by atomic mass is 10.0. The number of hydrogen-bond donors (Lipinski definition) is 0. The number of benzene rings is 2. The smallest absolute Gasteiger partial charge is 0.184 e. The molecule has 2 nitrogen and oxygen atoms in total. The van der Waals surface area contributed by atoms with E-state index in [1.807, 2.05) is 6.08 Å². The van der Waals surface area contributed by atoms with E-state index in [2.05, 4.69) is 18.4 Å². The predicted molar refractivity (Wildman–Crippen MR) is 96.3 cm³/mol. The second-order valence-corrected chi connectivity index (χ2v) is 6.47. The highest BCUT2D eigenvalue weighted by Gasteiger charge is 2.25. The summed E-state index contributed by atoms with van der Waals surface area (Å²) in [7, 11) is 0. The van der Waals surface area contributed by atoms with Gasteiger partial charge in [-0.25, -0.2) is 17.6 Å². The van der Waals surface area contributed by atoms with Crippen LogP contribution in [0.2, 0.25) is 0 Å². The van der Waals surface area contributed by atoms with Crippen molar-refractivity contribution in [1.29, 1.82) is 0 Å². The van der Waals surface area contributed by atoms with Gasteiger partial charge in [-0.2, -0.15) is 0 Å². The van der Waals surface area contributed by atoms with Gasteiger partial charge in [0.15, 0.2) is 17.9 Å². The maximum Gasteiger partial charge on any atom is 0.184 e. The van der Waals surface area contributed by atoms with Gasteiger partial charge in [-0.1, -0.05) is 17.9 Å². The summed E-state index contributed by atoms with van der Waals surface area (Å²) in [5.74, 6) is 1.09. The molecule has 1 heterocycles. The van der Waals surface area contributed by atoms with Crippen molar-refractivity contribution >= 4 is 0 Å². The molecule has 1 saturated heterocycles. The molecule has 1 fully saturated rings. The monoisotopic (exact) mass is 390 g/mol. The Kier molecular flexibility index (Phi) is 6.50. The van der Waals surface area contributed by atoms with Crippen LogP contribution in [0, 0.1) is 41.0 Å². The zero-order chi connectivity index (χ0) is 20.1. The van der Waals surface area contributed by atoms with E-state index in [-0.39, 0.29) is 17.0 Å². The van der Waals surface area contributed by atoms with E-state index in [0.717, 1.165) is 37.1 Å². The second-order valence-electron chi connectivity index (χ2n) is 6.47. The van der Waals surface area contributed by atoms with Gasteiger partial charge < -0.3 is 9.47 Å². The van der Waals surface area contributed by atoms with Gasteiger partial charge in [0.2, 0.25) is 0 Å². The van der Waals surface area contributed by atoms with Gasteiger partial charge in [0.05, 0.1) is 18.8 Å². The van der Waals surface area contributed by atoms with E-state index < -0.39 is 35.1 Å². The zero-order valence-electron chi connectivity index (χ0n) is 15.0. The first-order chi connectivity index (χ1) is 13.5. The molecule has 2 aromatic rings. The lowest BCUT2D eigenvalue weighted by molar-refractivity contribution is -0.206. The van der Waals surface area contributed by atoms with Crippen molar-refractivity contribution in [2.24, 2.45) is 5.92 Å². The van der Waals surface area contributed by atoms with Crippen molar-refractivity contribution in [3.63, 3.8) is 0 Å². The summed E-state index contributed by atoms with van der Waals surface area (Å²) in [6.45, 7) is 4.53. The van der Waals surface area contributed by atoms with Gasteiger partial charge in [-0.15, -0.1) is 6.58 Å². The molecule has 146 valence electrons. The quantitative estimate of drug-likeness (QED) is 0.402. The largest absolute Gasteiger partial charge is 0.348 e. The summed E-state index contributed by atoms with van der Waals surface area (Å²) in [5, 5.41) is 0. The summed E-state index contributed by atoms with van der Waals surface area (Å²) in [6.07, 6.45) is 2.68. The molecule has 3 rings (SSSR count). The Morgan fingerprint density at radius 1 is 0.929 bits per heavy atom. The molecule has 0 N–H and O–H groups in total. The van der Waals surface area contributed by atoms with Crippen LogP contribution >= 0.6 is 0 Å². The van der Waals surface area contributed by atoms with Gasteiger partial charge in [0.25, 0.3) is 0 Å². The Labute approximate surface area is 160 Å². The van der Waals surface area contributed by atoms with Crippen molar-refractivity contribution in [3.05, 3.63) is 82.9 Å². The second kappa shape index (κ2) is 9.05. The average molecular weight is 390 g/mol. The first-order valence-electron chi connectivity index (χ1n) is 8.78. The van der Waals surface area contributed by atoms with E-state index in [0.29, 0.717) is 13.2 Å². The van der Waals surface area contributed by atoms with Crippen LogP contribution in [0.1, 0.15) is 35.8 Å². The molecular weight excluding hydrogens is 372 g/mol. The third-order valence-corrected chi connectivity index (χ3v) is 4.33. The first kappa shape index (κ1) is 20.1. The molecule has 0 unspecified atom stereocenters. The average Bonchev–Trinajstić information content (AvgIpc) is 2.68. The fourth-order valence-electron chi connectivity index (χ4n) is 2.81. The van der Waals surface area contributed by atoms with E-state index in [9.17, 15) is 17.6 Å². The lowest BCUT2D eigenvalue weighted by Crippen LogP contribution is -2.27. The van der Waals surface area contributed by atoms with E-state index in [1.165, 1.54) is 6.07 Å². The van der Waals surface area contributed by atoms with Gasteiger partial charge in [-0.05, 0) is 43.2 Å². The van der Waals surface area contributed by atoms with Gasteiger partial charge in [0.1, 0.15) is 11.6 Å². The van der Waals surface area contributed by atoms with Crippen molar-refractivity contribution in [2.45, 2.75) is 19.1 Å². The van der Waals surface area contributed by atoms with Gasteiger partial charge in [0, 0.05) is 17.0 Å². The van der Waals surface area contributed by atoms with Crippen molar-refractivity contribution in [2.75, 3.05) is 13.2 Å².